The SMILES string of the molecule is N#C[C@H](C(=O)c1cccnc1)c1cccc(Cl)c1. The Morgan fingerprint density at radius 1 is 1.33 bits per heavy atom. The molecular weight excluding hydrogens is 248 g/mol. The number of pyridine rings is 1. The molecule has 1 atom stereocenters. The third kappa shape index (κ3) is 2.55. The topological polar surface area (TPSA) is 53.8 Å². The van der Waals surface area contributed by atoms with Crippen molar-refractivity contribution in [3.63, 3.8) is 0 Å². The van der Waals surface area contributed by atoms with Crippen LogP contribution in [-0.4, -0.2) is 10.8 Å². The standard InChI is InChI=1S/C14H9ClN2O/c15-12-5-1-3-10(7-12)13(8-16)14(18)11-4-2-6-17-9-11/h1-7,9,13H/t13-/m0/s1. The number of ketones is 1. The Bertz CT molecular complexity index is 605. The molecule has 0 aliphatic heterocycles. The summed E-state index contributed by atoms with van der Waals surface area (Å²) in [6.45, 7) is 0. The van der Waals surface area contributed by atoms with Crippen molar-refractivity contribution in [3.8, 4) is 6.07 Å². The first-order valence-corrected chi connectivity index (χ1v) is 5.69. The lowest BCUT2D eigenvalue weighted by molar-refractivity contribution is 0.0978. The Kier molecular flexibility index (Phi) is 3.71. The average molecular weight is 257 g/mol. The van der Waals surface area contributed by atoms with Crippen molar-refractivity contribution in [1.29, 1.82) is 5.26 Å². The van der Waals surface area contributed by atoms with Crippen LogP contribution in [0.5, 0.6) is 0 Å². The molecule has 4 heteroatoms. The second-order valence-corrected chi connectivity index (χ2v) is 4.16. The molecule has 1 heterocycles. The highest BCUT2D eigenvalue weighted by Gasteiger charge is 2.21. The summed E-state index contributed by atoms with van der Waals surface area (Å²) in [5.41, 5.74) is 1.02. The molecule has 0 aliphatic carbocycles. The Hall–Kier alpha value is -2.18. The van der Waals surface area contributed by atoms with Crippen LogP contribution in [0.15, 0.2) is 48.8 Å². The van der Waals surface area contributed by atoms with Crippen molar-refractivity contribution in [1.82, 2.24) is 4.98 Å². The van der Waals surface area contributed by atoms with E-state index >= 15 is 0 Å². The van der Waals surface area contributed by atoms with Crippen LogP contribution in [0.4, 0.5) is 0 Å². The monoisotopic (exact) mass is 256 g/mol. The number of hydrogen-bond acceptors (Lipinski definition) is 3. The van der Waals surface area contributed by atoms with Gasteiger partial charge in [0.05, 0.1) is 6.07 Å². The third-order valence-electron chi connectivity index (χ3n) is 2.52. The fourth-order valence-electron chi connectivity index (χ4n) is 1.65. The highest BCUT2D eigenvalue weighted by Crippen LogP contribution is 2.22. The number of hydrogen-bond donors (Lipinski definition) is 0. The van der Waals surface area contributed by atoms with E-state index in [-0.39, 0.29) is 5.78 Å². The lowest BCUT2D eigenvalue weighted by atomic mass is 9.93. The number of rotatable bonds is 3. The molecule has 2 rings (SSSR count). The lowest BCUT2D eigenvalue weighted by Crippen LogP contribution is -2.11. The zero-order valence-corrected chi connectivity index (χ0v) is 10.1. The summed E-state index contributed by atoms with van der Waals surface area (Å²) in [5.74, 6) is -1.12. The number of halogens is 1. The van der Waals surface area contributed by atoms with Crippen molar-refractivity contribution >= 4 is 17.4 Å². The van der Waals surface area contributed by atoms with Gasteiger partial charge in [-0.25, -0.2) is 0 Å². The predicted molar refractivity (Wildman–Crippen MR) is 68.4 cm³/mol. The smallest absolute Gasteiger partial charge is 0.185 e. The highest BCUT2D eigenvalue weighted by atomic mass is 35.5. The Morgan fingerprint density at radius 2 is 2.17 bits per heavy atom. The van der Waals surface area contributed by atoms with Crippen LogP contribution in [0.2, 0.25) is 5.02 Å². The van der Waals surface area contributed by atoms with Crippen molar-refractivity contribution in [2.24, 2.45) is 0 Å². The number of Topliss-reactive ketones (excluding diaryl/α,β-unsaturated/α-hetero) is 1. The first-order valence-electron chi connectivity index (χ1n) is 5.31. The number of nitrogens with zero attached hydrogens (tertiary/aromatic N) is 2. The van der Waals surface area contributed by atoms with Crippen molar-refractivity contribution in [2.45, 2.75) is 5.92 Å². The number of carbonyl (C=O) groups is 1. The summed E-state index contributed by atoms with van der Waals surface area (Å²) in [5, 5.41) is 9.67. The van der Waals surface area contributed by atoms with Crippen molar-refractivity contribution in [2.75, 3.05) is 0 Å². The molecule has 0 saturated carbocycles. The first kappa shape index (κ1) is 12.3. The normalized spacial score (nSPS) is 11.6. The van der Waals surface area contributed by atoms with E-state index in [9.17, 15) is 4.79 Å². The predicted octanol–water partition coefficient (Wildman–Crippen LogP) is 3.23. The molecule has 0 fully saturated rings. The van der Waals surface area contributed by atoms with Gasteiger partial charge in [-0.2, -0.15) is 5.26 Å². The third-order valence-corrected chi connectivity index (χ3v) is 2.75. The van der Waals surface area contributed by atoms with Gasteiger partial charge in [0.2, 0.25) is 0 Å². The van der Waals surface area contributed by atoms with Gasteiger partial charge in [0.15, 0.2) is 5.78 Å². The number of nitriles is 1. The molecule has 18 heavy (non-hydrogen) atoms. The second-order valence-electron chi connectivity index (χ2n) is 3.72. The summed E-state index contributed by atoms with van der Waals surface area (Å²) >= 11 is 5.86. The minimum Gasteiger partial charge on any atom is -0.292 e. The molecule has 1 aromatic heterocycles. The van der Waals surface area contributed by atoms with Crippen LogP contribution in [0, 0.1) is 11.3 Å². The minimum atomic E-state index is -0.854. The molecule has 88 valence electrons. The molecule has 0 unspecified atom stereocenters. The summed E-state index contributed by atoms with van der Waals surface area (Å²) in [6, 6.07) is 12.1. The fraction of sp³-hybridized carbons (Fsp3) is 0.0714. The summed E-state index contributed by atoms with van der Waals surface area (Å²) < 4.78 is 0. The van der Waals surface area contributed by atoms with Gasteiger partial charge in [-0.1, -0.05) is 23.7 Å². The van der Waals surface area contributed by atoms with Crippen LogP contribution in [-0.2, 0) is 0 Å². The van der Waals surface area contributed by atoms with E-state index < -0.39 is 5.92 Å². The fourth-order valence-corrected chi connectivity index (χ4v) is 1.84. The summed E-state index contributed by atoms with van der Waals surface area (Å²) in [7, 11) is 0. The first-order chi connectivity index (χ1) is 8.72. The van der Waals surface area contributed by atoms with Gasteiger partial charge in [0, 0.05) is 23.0 Å². The summed E-state index contributed by atoms with van der Waals surface area (Å²) in [4.78, 5) is 16.1. The van der Waals surface area contributed by atoms with Gasteiger partial charge in [0.25, 0.3) is 0 Å². The molecule has 0 bridgehead atoms. The van der Waals surface area contributed by atoms with E-state index in [4.69, 9.17) is 16.9 Å². The molecule has 0 radical (unpaired) electrons. The van der Waals surface area contributed by atoms with E-state index in [2.05, 4.69) is 4.98 Å². The van der Waals surface area contributed by atoms with Crippen LogP contribution in [0.3, 0.4) is 0 Å². The molecule has 0 aliphatic rings. The molecule has 3 nitrogen and oxygen atoms in total. The van der Waals surface area contributed by atoms with Gasteiger partial charge in [-0.15, -0.1) is 0 Å². The van der Waals surface area contributed by atoms with Crippen LogP contribution < -0.4 is 0 Å². The quantitative estimate of drug-likeness (QED) is 0.793. The van der Waals surface area contributed by atoms with E-state index in [0.29, 0.717) is 16.1 Å². The van der Waals surface area contributed by atoms with E-state index in [1.807, 2.05) is 6.07 Å². The van der Waals surface area contributed by atoms with Crippen LogP contribution >= 0.6 is 11.6 Å². The second kappa shape index (κ2) is 5.44. The molecule has 2 aromatic rings. The lowest BCUT2D eigenvalue weighted by Gasteiger charge is -2.08. The maximum absolute atomic E-state index is 12.2. The van der Waals surface area contributed by atoms with E-state index in [1.165, 1.54) is 6.20 Å². The van der Waals surface area contributed by atoms with Gasteiger partial charge >= 0.3 is 0 Å². The number of carbonyl (C=O) groups excluding carboxylic acids is 1. The molecule has 0 saturated heterocycles. The Morgan fingerprint density at radius 3 is 2.78 bits per heavy atom. The largest absolute Gasteiger partial charge is 0.292 e. The van der Waals surface area contributed by atoms with E-state index in [1.54, 1.807) is 42.6 Å². The minimum absolute atomic E-state index is 0.270. The van der Waals surface area contributed by atoms with Crippen LogP contribution in [0.1, 0.15) is 21.8 Å². The zero-order chi connectivity index (χ0) is 13.0. The molecule has 0 spiro atoms. The number of aromatic nitrogens is 1. The van der Waals surface area contributed by atoms with Crippen molar-refractivity contribution in [3.05, 3.63) is 64.9 Å². The average Bonchev–Trinajstić information content (AvgIpc) is 2.40. The Balaban J connectivity index is 2.36. The van der Waals surface area contributed by atoms with Crippen LogP contribution in [0.25, 0.3) is 0 Å². The molecule has 0 N–H and O–H groups in total. The zero-order valence-electron chi connectivity index (χ0n) is 9.38. The van der Waals surface area contributed by atoms with Crippen molar-refractivity contribution < 1.29 is 4.79 Å². The van der Waals surface area contributed by atoms with Gasteiger partial charge in [-0.3, -0.25) is 9.78 Å². The van der Waals surface area contributed by atoms with E-state index in [0.717, 1.165) is 0 Å². The molecular formula is C14H9ClN2O. The highest BCUT2D eigenvalue weighted by molar-refractivity contribution is 6.30. The molecule has 1 aromatic carbocycles. The van der Waals surface area contributed by atoms with Gasteiger partial charge < -0.3 is 0 Å². The number of benzene rings is 1. The summed E-state index contributed by atoms with van der Waals surface area (Å²) in [6.07, 6.45) is 3.04. The molecule has 0 amide bonds. The Labute approximate surface area is 110 Å². The van der Waals surface area contributed by atoms with Gasteiger partial charge in [-0.05, 0) is 29.8 Å². The van der Waals surface area contributed by atoms with Gasteiger partial charge in [0.1, 0.15) is 5.92 Å². The maximum atomic E-state index is 12.2. The maximum Gasteiger partial charge on any atom is 0.185 e.